The predicted octanol–water partition coefficient (Wildman–Crippen LogP) is 2.33. The molecule has 0 spiro atoms. The minimum absolute atomic E-state index is 0.982. The van der Waals surface area contributed by atoms with E-state index in [1.165, 1.54) is 38.9 Å². The van der Waals surface area contributed by atoms with Crippen LogP contribution < -0.4 is 0 Å². The van der Waals surface area contributed by atoms with Gasteiger partial charge in [0.1, 0.15) is 0 Å². The van der Waals surface area contributed by atoms with Crippen molar-refractivity contribution < 1.29 is 0 Å². The molecule has 1 nitrogen and oxygen atoms in total. The lowest BCUT2D eigenvalue weighted by Crippen LogP contribution is -2.33. The van der Waals surface area contributed by atoms with E-state index in [9.17, 15) is 0 Å². The van der Waals surface area contributed by atoms with E-state index in [2.05, 4.69) is 18.7 Å². The fourth-order valence-corrected chi connectivity index (χ4v) is 1.88. The first kappa shape index (κ1) is 9.05. The topological polar surface area (TPSA) is 3.24 Å². The molecule has 0 saturated carbocycles. The van der Waals surface area contributed by atoms with Gasteiger partial charge in [-0.05, 0) is 38.4 Å². The zero-order valence-corrected chi connectivity index (χ0v) is 7.68. The molecular weight excluding hydrogens is 134 g/mol. The zero-order chi connectivity index (χ0) is 8.10. The van der Waals surface area contributed by atoms with Crippen LogP contribution in [-0.2, 0) is 0 Å². The van der Waals surface area contributed by atoms with Crippen LogP contribution in [0.4, 0.5) is 0 Å². The molecule has 1 heteroatoms. The second-order valence-electron chi connectivity index (χ2n) is 3.52. The van der Waals surface area contributed by atoms with E-state index in [4.69, 9.17) is 0 Å². The maximum absolute atomic E-state index is 3.91. The Morgan fingerprint density at radius 1 is 1.36 bits per heavy atom. The van der Waals surface area contributed by atoms with Gasteiger partial charge in [0, 0.05) is 0 Å². The molecule has 0 bridgehead atoms. The molecule has 1 heterocycles. The van der Waals surface area contributed by atoms with E-state index in [1.54, 1.807) is 0 Å². The van der Waals surface area contributed by atoms with E-state index in [0.29, 0.717) is 0 Å². The van der Waals surface area contributed by atoms with Gasteiger partial charge in [0.2, 0.25) is 0 Å². The minimum Gasteiger partial charge on any atom is -0.304 e. The third-order valence-corrected chi connectivity index (χ3v) is 2.77. The van der Waals surface area contributed by atoms with E-state index in [1.807, 2.05) is 0 Å². The summed E-state index contributed by atoms with van der Waals surface area (Å²) >= 11 is 0. The Hall–Kier alpha value is -0.0400. The molecule has 0 aromatic rings. The predicted molar refractivity (Wildman–Crippen MR) is 49.4 cm³/mol. The van der Waals surface area contributed by atoms with Crippen molar-refractivity contribution in [3.05, 3.63) is 6.92 Å². The van der Waals surface area contributed by atoms with Crippen LogP contribution in [0.2, 0.25) is 0 Å². The van der Waals surface area contributed by atoms with Gasteiger partial charge in [-0.2, -0.15) is 0 Å². The van der Waals surface area contributed by atoms with Gasteiger partial charge in [0.05, 0.1) is 0 Å². The van der Waals surface area contributed by atoms with Crippen molar-refractivity contribution in [3.63, 3.8) is 0 Å². The summed E-state index contributed by atoms with van der Waals surface area (Å²) in [7, 11) is 0. The van der Waals surface area contributed by atoms with Gasteiger partial charge in [-0.3, -0.25) is 0 Å². The first-order chi connectivity index (χ1) is 5.36. The van der Waals surface area contributed by atoms with Crippen LogP contribution in [0, 0.1) is 12.8 Å². The smallest absolute Gasteiger partial charge is 0.00162 e. The number of piperidine rings is 1. The highest BCUT2D eigenvalue weighted by molar-refractivity contribution is 4.71. The summed E-state index contributed by atoms with van der Waals surface area (Å²) in [5.74, 6) is 0.982. The second-order valence-corrected chi connectivity index (χ2v) is 3.52. The van der Waals surface area contributed by atoms with Crippen LogP contribution in [-0.4, -0.2) is 24.5 Å². The molecule has 0 aromatic heterocycles. The normalized spacial score (nSPS) is 22.4. The molecule has 1 fully saturated rings. The number of rotatable bonds is 3. The lowest BCUT2D eigenvalue weighted by molar-refractivity contribution is 0.187. The van der Waals surface area contributed by atoms with Crippen molar-refractivity contribution in [2.24, 2.45) is 5.92 Å². The van der Waals surface area contributed by atoms with Gasteiger partial charge in [-0.1, -0.05) is 26.7 Å². The number of hydrogen-bond acceptors (Lipinski definition) is 1. The average molecular weight is 154 g/mol. The van der Waals surface area contributed by atoms with Crippen molar-refractivity contribution in [3.8, 4) is 0 Å². The molecule has 1 radical (unpaired) electrons. The van der Waals surface area contributed by atoms with Gasteiger partial charge in [0.15, 0.2) is 0 Å². The molecule has 65 valence electrons. The third-order valence-electron chi connectivity index (χ3n) is 2.77. The largest absolute Gasteiger partial charge is 0.304 e. The molecule has 0 N–H and O–H groups in total. The summed E-state index contributed by atoms with van der Waals surface area (Å²) in [6.07, 6.45) is 5.28. The van der Waals surface area contributed by atoms with Crippen molar-refractivity contribution in [2.45, 2.75) is 32.6 Å². The SMILES string of the molecule is [CH2]CCC1CCN(CC)CC1. The highest BCUT2D eigenvalue weighted by Crippen LogP contribution is 2.20. The molecule has 1 saturated heterocycles. The van der Waals surface area contributed by atoms with E-state index in [-0.39, 0.29) is 0 Å². The minimum atomic E-state index is 0.982. The van der Waals surface area contributed by atoms with E-state index in [0.717, 1.165) is 12.3 Å². The lowest BCUT2D eigenvalue weighted by Gasteiger charge is -2.30. The summed E-state index contributed by atoms with van der Waals surface area (Å²) in [6, 6.07) is 0. The molecule has 1 aliphatic rings. The highest BCUT2D eigenvalue weighted by Gasteiger charge is 2.16. The number of nitrogens with zero attached hydrogens (tertiary/aromatic N) is 1. The maximum Gasteiger partial charge on any atom is -0.00162 e. The van der Waals surface area contributed by atoms with E-state index >= 15 is 0 Å². The summed E-state index contributed by atoms with van der Waals surface area (Å²) in [5, 5.41) is 0. The van der Waals surface area contributed by atoms with Gasteiger partial charge >= 0.3 is 0 Å². The zero-order valence-electron chi connectivity index (χ0n) is 7.68. The van der Waals surface area contributed by atoms with Crippen molar-refractivity contribution in [1.82, 2.24) is 4.90 Å². The maximum atomic E-state index is 3.91. The first-order valence-corrected chi connectivity index (χ1v) is 4.88. The molecule has 1 aliphatic heterocycles. The summed E-state index contributed by atoms with van der Waals surface area (Å²) < 4.78 is 0. The number of likely N-dealkylation sites (tertiary alicyclic amines) is 1. The van der Waals surface area contributed by atoms with Gasteiger partial charge in [-0.15, -0.1) is 0 Å². The van der Waals surface area contributed by atoms with Crippen LogP contribution in [0.3, 0.4) is 0 Å². The van der Waals surface area contributed by atoms with Crippen molar-refractivity contribution >= 4 is 0 Å². The van der Waals surface area contributed by atoms with Crippen LogP contribution in [0.25, 0.3) is 0 Å². The van der Waals surface area contributed by atoms with Crippen LogP contribution >= 0.6 is 0 Å². The Balaban J connectivity index is 2.14. The Kier molecular flexibility index (Phi) is 3.92. The molecule has 0 aromatic carbocycles. The van der Waals surface area contributed by atoms with Crippen LogP contribution in [0.5, 0.6) is 0 Å². The van der Waals surface area contributed by atoms with Crippen molar-refractivity contribution in [1.29, 1.82) is 0 Å². The van der Waals surface area contributed by atoms with Gasteiger partial charge < -0.3 is 4.90 Å². The first-order valence-electron chi connectivity index (χ1n) is 4.88. The molecule has 0 amide bonds. The Morgan fingerprint density at radius 3 is 2.45 bits per heavy atom. The second kappa shape index (κ2) is 4.76. The summed E-state index contributed by atoms with van der Waals surface area (Å²) in [6.45, 7) is 10.0. The molecule has 0 unspecified atom stereocenters. The molecule has 1 rings (SSSR count). The monoisotopic (exact) mass is 154 g/mol. The Labute approximate surface area is 70.8 Å². The lowest BCUT2D eigenvalue weighted by atomic mass is 9.93. The summed E-state index contributed by atoms with van der Waals surface area (Å²) in [5.41, 5.74) is 0. The molecule has 11 heavy (non-hydrogen) atoms. The van der Waals surface area contributed by atoms with Crippen LogP contribution in [0.1, 0.15) is 32.6 Å². The fraction of sp³-hybridized carbons (Fsp3) is 0.900. The molecular formula is C10H20N. The molecule has 0 atom stereocenters. The third kappa shape index (κ3) is 2.82. The highest BCUT2D eigenvalue weighted by atomic mass is 15.1. The quantitative estimate of drug-likeness (QED) is 0.603. The standard InChI is InChI=1S/C10H20N/c1-3-5-10-6-8-11(4-2)9-7-10/h10H,1,3-9H2,2H3. The van der Waals surface area contributed by atoms with Gasteiger partial charge in [-0.25, -0.2) is 0 Å². The fourth-order valence-electron chi connectivity index (χ4n) is 1.88. The Morgan fingerprint density at radius 2 is 2.00 bits per heavy atom. The van der Waals surface area contributed by atoms with Crippen LogP contribution in [0.15, 0.2) is 0 Å². The number of hydrogen-bond donors (Lipinski definition) is 0. The average Bonchev–Trinajstić information content (AvgIpc) is 2.07. The van der Waals surface area contributed by atoms with Crippen molar-refractivity contribution in [2.75, 3.05) is 19.6 Å². The van der Waals surface area contributed by atoms with E-state index < -0.39 is 0 Å². The summed E-state index contributed by atoms with van der Waals surface area (Å²) in [4.78, 5) is 2.54. The Bertz CT molecular complexity index is 93.0. The van der Waals surface area contributed by atoms with Gasteiger partial charge in [0.25, 0.3) is 0 Å². The molecule has 0 aliphatic carbocycles.